The molecule has 0 radical (unpaired) electrons. The van der Waals surface area contributed by atoms with E-state index in [0.717, 1.165) is 35.3 Å². The Kier molecular flexibility index (Phi) is 32.1. The molecule has 0 unspecified atom stereocenters. The van der Waals surface area contributed by atoms with E-state index in [4.69, 9.17) is 4.74 Å². The van der Waals surface area contributed by atoms with Gasteiger partial charge in [-0.1, -0.05) is 104 Å². The molecule has 0 aliphatic carbocycles. The topological polar surface area (TPSA) is 9.23 Å². The van der Waals surface area contributed by atoms with Gasteiger partial charge in [0.15, 0.2) is 0 Å². The van der Waals surface area contributed by atoms with Crippen LogP contribution >= 0.6 is 0 Å². The zero-order valence-corrected chi connectivity index (χ0v) is 28.2. The van der Waals surface area contributed by atoms with Gasteiger partial charge in [0.2, 0.25) is 0 Å². The lowest BCUT2D eigenvalue weighted by Crippen LogP contribution is -3.00. The number of halogens is 2. The molecule has 0 fully saturated rings. The average Bonchev–Trinajstić information content (AvgIpc) is 2.76. The first-order valence-corrected chi connectivity index (χ1v) is 15.0. The maximum Gasteiger partial charge on any atom is 0.102 e. The van der Waals surface area contributed by atoms with Crippen LogP contribution in [0.1, 0.15) is 129 Å². The number of quaternary nitrogens is 2. The first-order valence-electron chi connectivity index (χ1n) is 15.0. The van der Waals surface area contributed by atoms with Crippen molar-refractivity contribution in [3.05, 3.63) is 0 Å². The van der Waals surface area contributed by atoms with Crippen molar-refractivity contribution >= 4 is 0 Å². The number of unbranched alkanes of at least 4 members (excludes halogenated alkanes) is 16. The molecule has 0 N–H and O–H groups in total. The lowest BCUT2D eigenvalue weighted by atomic mass is 10.1. The van der Waals surface area contributed by atoms with Gasteiger partial charge < -0.3 is 47.7 Å². The van der Waals surface area contributed by atoms with Crippen LogP contribution in [0.25, 0.3) is 0 Å². The van der Waals surface area contributed by atoms with Gasteiger partial charge in [-0.3, -0.25) is 0 Å². The number of nitrogens with zero attached hydrogens (tertiary/aromatic N) is 2. The molecule has 35 heavy (non-hydrogen) atoms. The van der Waals surface area contributed by atoms with Crippen LogP contribution < -0.4 is 34.0 Å². The molecule has 0 aromatic rings. The number of hydrogen-bond donors (Lipinski definition) is 0. The Labute approximate surface area is 243 Å². The average molecular weight is 631 g/mol. The zero-order chi connectivity index (χ0) is 24.7. The monoisotopic (exact) mass is 628 g/mol. The van der Waals surface area contributed by atoms with E-state index in [1.165, 1.54) is 129 Å². The van der Waals surface area contributed by atoms with E-state index in [9.17, 15) is 0 Å². The third-order valence-electron chi connectivity index (χ3n) is 7.42. The van der Waals surface area contributed by atoms with Crippen LogP contribution in [0.15, 0.2) is 0 Å². The number of likely N-dealkylation sites (N-methyl/N-ethyl adjacent to an activating group) is 2. The molecule has 3 nitrogen and oxygen atoms in total. The molecule has 0 aromatic heterocycles. The predicted molar refractivity (Wildman–Crippen MR) is 149 cm³/mol. The fraction of sp³-hybridized carbons (Fsp3) is 1.00. The number of rotatable bonds is 26. The highest BCUT2D eigenvalue weighted by molar-refractivity contribution is 4.49. The molecular weight excluding hydrogens is 564 g/mol. The van der Waals surface area contributed by atoms with Crippen LogP contribution in [0.4, 0.5) is 0 Å². The Morgan fingerprint density at radius 2 is 0.629 bits per heavy atom. The van der Waals surface area contributed by atoms with Gasteiger partial charge in [-0.2, -0.15) is 0 Å². The fourth-order valence-corrected chi connectivity index (χ4v) is 4.65. The summed E-state index contributed by atoms with van der Waals surface area (Å²) in [6, 6.07) is 0. The molecule has 0 atom stereocenters. The second-order valence-corrected chi connectivity index (χ2v) is 12.0. The van der Waals surface area contributed by atoms with Crippen molar-refractivity contribution < 1.29 is 47.7 Å². The number of ether oxygens (including phenoxy) is 1. The molecule has 0 aliphatic rings. The van der Waals surface area contributed by atoms with Crippen molar-refractivity contribution in [1.29, 1.82) is 0 Å². The lowest BCUT2D eigenvalue weighted by molar-refractivity contribution is -0.894. The van der Waals surface area contributed by atoms with E-state index in [0.29, 0.717) is 0 Å². The highest BCUT2D eigenvalue weighted by Gasteiger charge is 2.16. The van der Waals surface area contributed by atoms with Gasteiger partial charge in [-0.15, -0.1) is 0 Å². The molecule has 0 rings (SSSR count). The molecule has 0 bridgehead atoms. The maximum atomic E-state index is 6.06. The molecule has 0 amide bonds. The Morgan fingerprint density at radius 3 is 0.914 bits per heavy atom. The minimum absolute atomic E-state index is 0. The van der Waals surface area contributed by atoms with Crippen molar-refractivity contribution in [2.75, 3.05) is 67.6 Å². The van der Waals surface area contributed by atoms with Gasteiger partial charge in [0, 0.05) is 0 Å². The van der Waals surface area contributed by atoms with Gasteiger partial charge in [-0.25, -0.2) is 0 Å². The molecular formula is C30H66Br2N2O. The summed E-state index contributed by atoms with van der Waals surface area (Å²) in [4.78, 5) is 0. The van der Waals surface area contributed by atoms with Gasteiger partial charge in [0.05, 0.1) is 54.5 Å². The van der Waals surface area contributed by atoms with Crippen molar-refractivity contribution in [1.82, 2.24) is 0 Å². The van der Waals surface area contributed by atoms with E-state index in [1.807, 2.05) is 0 Å². The van der Waals surface area contributed by atoms with Crippen LogP contribution in [0.3, 0.4) is 0 Å². The highest BCUT2D eigenvalue weighted by Crippen LogP contribution is 2.12. The van der Waals surface area contributed by atoms with Crippen LogP contribution in [-0.4, -0.2) is 76.5 Å². The number of hydrogen-bond acceptors (Lipinski definition) is 1. The van der Waals surface area contributed by atoms with Crippen molar-refractivity contribution in [3.63, 3.8) is 0 Å². The molecule has 0 aromatic carbocycles. The summed E-state index contributed by atoms with van der Waals surface area (Å²) in [5, 5.41) is 0. The SMILES string of the molecule is CCCCCCCCCCC[N+](C)(C)CCOCC[N+](C)(C)CCCCCCCCCCC.[Br-].[Br-]. The Balaban J connectivity index is -0.00000512. The second-order valence-electron chi connectivity index (χ2n) is 12.0. The summed E-state index contributed by atoms with van der Waals surface area (Å²) in [5.41, 5.74) is 0. The Bertz CT molecular complexity index is 370. The standard InChI is InChI=1S/C30H66N2O.2BrH/c1-7-9-11-13-15-17-19-21-23-25-31(3,4)27-29-33-30-28-32(5,6)26-24-22-20-18-16-14-12-10-8-2;;/h7-30H2,1-6H3;2*1H/q+2;;/p-2. The third-order valence-corrected chi connectivity index (χ3v) is 7.42. The quantitative estimate of drug-likeness (QED) is 0.105. The van der Waals surface area contributed by atoms with Crippen LogP contribution in [-0.2, 0) is 4.74 Å². The summed E-state index contributed by atoms with van der Waals surface area (Å²) in [5.74, 6) is 0. The van der Waals surface area contributed by atoms with Crippen LogP contribution in [0.2, 0.25) is 0 Å². The highest BCUT2D eigenvalue weighted by atomic mass is 79.9. The summed E-state index contributed by atoms with van der Waals surface area (Å²) >= 11 is 0. The molecule has 0 saturated carbocycles. The summed E-state index contributed by atoms with van der Waals surface area (Å²) in [6.07, 6.45) is 25.5. The van der Waals surface area contributed by atoms with Gasteiger partial charge in [-0.05, 0) is 25.7 Å². The Morgan fingerprint density at radius 1 is 0.371 bits per heavy atom. The molecule has 0 heterocycles. The van der Waals surface area contributed by atoms with Gasteiger partial charge >= 0.3 is 0 Å². The molecule has 0 aliphatic heterocycles. The normalized spacial score (nSPS) is 11.8. The summed E-state index contributed by atoms with van der Waals surface area (Å²) < 4.78 is 8.27. The summed E-state index contributed by atoms with van der Waals surface area (Å²) in [7, 11) is 9.49. The van der Waals surface area contributed by atoms with Crippen molar-refractivity contribution in [2.45, 2.75) is 129 Å². The van der Waals surface area contributed by atoms with Crippen LogP contribution in [0.5, 0.6) is 0 Å². The third kappa shape index (κ3) is 31.0. The first-order chi connectivity index (χ1) is 15.8. The largest absolute Gasteiger partial charge is 1.00 e. The van der Waals surface area contributed by atoms with Crippen LogP contribution in [0, 0.1) is 0 Å². The fourth-order valence-electron chi connectivity index (χ4n) is 4.65. The van der Waals surface area contributed by atoms with Gasteiger partial charge in [0.1, 0.15) is 13.1 Å². The van der Waals surface area contributed by atoms with E-state index in [2.05, 4.69) is 42.0 Å². The Hall–Kier alpha value is 0.840. The van der Waals surface area contributed by atoms with E-state index in [1.54, 1.807) is 0 Å². The molecule has 5 heteroatoms. The lowest BCUT2D eigenvalue weighted by Gasteiger charge is -2.31. The molecule has 216 valence electrons. The maximum absolute atomic E-state index is 6.06. The summed E-state index contributed by atoms with van der Waals surface area (Å²) in [6.45, 7) is 11.3. The van der Waals surface area contributed by atoms with Crippen molar-refractivity contribution in [2.24, 2.45) is 0 Å². The second kappa shape index (κ2) is 27.9. The predicted octanol–water partition coefficient (Wildman–Crippen LogP) is 2.23. The molecule has 0 spiro atoms. The minimum Gasteiger partial charge on any atom is -1.00 e. The minimum atomic E-state index is 0. The zero-order valence-electron chi connectivity index (χ0n) is 25.0. The van der Waals surface area contributed by atoms with E-state index >= 15 is 0 Å². The van der Waals surface area contributed by atoms with E-state index < -0.39 is 0 Å². The van der Waals surface area contributed by atoms with Gasteiger partial charge in [0.25, 0.3) is 0 Å². The molecule has 0 saturated heterocycles. The smallest absolute Gasteiger partial charge is 0.102 e. The van der Waals surface area contributed by atoms with E-state index in [-0.39, 0.29) is 34.0 Å². The van der Waals surface area contributed by atoms with Crippen molar-refractivity contribution in [3.8, 4) is 0 Å². The first kappa shape index (κ1) is 40.3.